The van der Waals surface area contributed by atoms with Crippen molar-refractivity contribution in [3.8, 4) is 0 Å². The van der Waals surface area contributed by atoms with Gasteiger partial charge in [-0.1, -0.05) is 32.0 Å². The summed E-state index contributed by atoms with van der Waals surface area (Å²) < 4.78 is 7.01. The van der Waals surface area contributed by atoms with Crippen LogP contribution in [0.25, 0.3) is 0 Å². The second-order valence-electron chi connectivity index (χ2n) is 4.28. The van der Waals surface area contributed by atoms with Gasteiger partial charge in [0.05, 0.1) is 5.56 Å². The average molecular weight is 245 g/mol. The van der Waals surface area contributed by atoms with Crippen LogP contribution in [-0.2, 0) is 4.74 Å². The van der Waals surface area contributed by atoms with Crippen molar-refractivity contribution in [2.45, 2.75) is 20.1 Å². The zero-order valence-electron chi connectivity index (χ0n) is 10.4. The smallest absolute Gasteiger partial charge is 0.340 e. The van der Waals surface area contributed by atoms with Crippen LogP contribution < -0.4 is 0 Å². The van der Waals surface area contributed by atoms with Gasteiger partial charge in [0.2, 0.25) is 0 Å². The third-order valence-corrected chi connectivity index (χ3v) is 2.50. The lowest BCUT2D eigenvalue weighted by Gasteiger charge is -2.21. The summed E-state index contributed by atoms with van der Waals surface area (Å²) in [5, 5.41) is 4.01. The molecule has 1 aromatic heterocycles. The normalized spacial score (nSPS) is 12.4. The lowest BCUT2D eigenvalue weighted by atomic mass is 10.2. The van der Waals surface area contributed by atoms with Gasteiger partial charge in [-0.25, -0.2) is 14.5 Å². The molecule has 2 rings (SSSR count). The van der Waals surface area contributed by atoms with Crippen molar-refractivity contribution in [3.63, 3.8) is 0 Å². The number of hydrogen-bond acceptors (Lipinski definition) is 4. The molecule has 0 radical (unpaired) electrons. The Hall–Kier alpha value is -2.17. The third kappa shape index (κ3) is 2.74. The highest BCUT2D eigenvalue weighted by Gasteiger charge is 2.21. The molecule has 0 spiro atoms. The Kier molecular flexibility index (Phi) is 3.72. The van der Waals surface area contributed by atoms with Crippen molar-refractivity contribution in [2.75, 3.05) is 0 Å². The molecule has 1 heterocycles. The van der Waals surface area contributed by atoms with E-state index in [9.17, 15) is 4.79 Å². The molecular weight excluding hydrogens is 230 g/mol. The maximum atomic E-state index is 12.0. The first-order chi connectivity index (χ1) is 8.68. The minimum absolute atomic E-state index is 0.111. The fourth-order valence-corrected chi connectivity index (χ4v) is 1.60. The molecule has 0 amide bonds. The number of aromatic nitrogens is 3. The van der Waals surface area contributed by atoms with Gasteiger partial charge < -0.3 is 4.74 Å². The molecule has 18 heavy (non-hydrogen) atoms. The summed E-state index contributed by atoms with van der Waals surface area (Å²) in [5.74, 6) is -0.246. The van der Waals surface area contributed by atoms with Gasteiger partial charge in [0.15, 0.2) is 6.23 Å². The number of rotatable bonds is 4. The van der Waals surface area contributed by atoms with E-state index in [4.69, 9.17) is 4.74 Å². The zero-order valence-corrected chi connectivity index (χ0v) is 10.4. The van der Waals surface area contributed by atoms with Gasteiger partial charge in [-0.15, -0.1) is 0 Å². The van der Waals surface area contributed by atoms with E-state index in [-0.39, 0.29) is 11.9 Å². The number of ether oxygens (including phenoxy) is 1. The first kappa shape index (κ1) is 12.3. The number of carbonyl (C=O) groups excluding carboxylic acids is 1. The predicted molar refractivity (Wildman–Crippen MR) is 65.8 cm³/mol. The molecule has 5 nitrogen and oxygen atoms in total. The second-order valence-corrected chi connectivity index (χ2v) is 4.28. The lowest BCUT2D eigenvalue weighted by Crippen LogP contribution is -2.22. The lowest BCUT2D eigenvalue weighted by molar-refractivity contribution is -0.0147. The highest BCUT2D eigenvalue weighted by molar-refractivity contribution is 5.89. The quantitative estimate of drug-likeness (QED) is 0.775. The van der Waals surface area contributed by atoms with E-state index in [0.29, 0.717) is 5.56 Å². The van der Waals surface area contributed by atoms with Crippen molar-refractivity contribution >= 4 is 5.97 Å². The zero-order chi connectivity index (χ0) is 13.0. The fourth-order valence-electron chi connectivity index (χ4n) is 1.60. The van der Waals surface area contributed by atoms with Gasteiger partial charge in [0.1, 0.15) is 12.7 Å². The minimum Gasteiger partial charge on any atom is -0.436 e. The van der Waals surface area contributed by atoms with Crippen molar-refractivity contribution in [2.24, 2.45) is 5.92 Å². The van der Waals surface area contributed by atoms with E-state index in [1.165, 1.54) is 6.33 Å². The van der Waals surface area contributed by atoms with E-state index in [1.807, 2.05) is 19.9 Å². The molecule has 0 fully saturated rings. The van der Waals surface area contributed by atoms with Crippen LogP contribution in [0.1, 0.15) is 30.4 Å². The van der Waals surface area contributed by atoms with Gasteiger partial charge in [-0.3, -0.25) is 0 Å². The van der Waals surface area contributed by atoms with Crippen LogP contribution in [0.5, 0.6) is 0 Å². The SMILES string of the molecule is CC(C)C(OC(=O)c1ccccc1)n1cncn1. The maximum absolute atomic E-state index is 12.0. The van der Waals surface area contributed by atoms with Gasteiger partial charge in [0.25, 0.3) is 0 Å². The highest BCUT2D eigenvalue weighted by Crippen LogP contribution is 2.19. The van der Waals surface area contributed by atoms with Crippen LogP contribution in [-0.4, -0.2) is 20.7 Å². The van der Waals surface area contributed by atoms with Gasteiger partial charge >= 0.3 is 5.97 Å². The van der Waals surface area contributed by atoms with Crippen LogP contribution in [0.4, 0.5) is 0 Å². The Morgan fingerprint density at radius 2 is 2.00 bits per heavy atom. The largest absolute Gasteiger partial charge is 0.436 e. The van der Waals surface area contributed by atoms with Crippen molar-refractivity contribution < 1.29 is 9.53 Å². The second kappa shape index (κ2) is 5.44. The van der Waals surface area contributed by atoms with Crippen molar-refractivity contribution in [1.29, 1.82) is 0 Å². The first-order valence-electron chi connectivity index (χ1n) is 5.78. The molecule has 1 aromatic carbocycles. The summed E-state index contributed by atoms with van der Waals surface area (Å²) in [5.41, 5.74) is 0.531. The molecule has 0 bridgehead atoms. The van der Waals surface area contributed by atoms with E-state index in [0.717, 1.165) is 0 Å². The number of benzene rings is 1. The van der Waals surface area contributed by atoms with Crippen LogP contribution in [0.3, 0.4) is 0 Å². The number of hydrogen-bond donors (Lipinski definition) is 0. The van der Waals surface area contributed by atoms with Crippen LogP contribution in [0.15, 0.2) is 43.0 Å². The van der Waals surface area contributed by atoms with Crippen molar-refractivity contribution in [1.82, 2.24) is 14.8 Å². The molecule has 0 aliphatic heterocycles. The molecule has 1 atom stereocenters. The Morgan fingerprint density at radius 1 is 1.28 bits per heavy atom. The minimum atomic E-state index is -0.444. The van der Waals surface area contributed by atoms with Crippen LogP contribution in [0, 0.1) is 5.92 Å². The topological polar surface area (TPSA) is 57.0 Å². The number of carbonyl (C=O) groups is 1. The standard InChI is InChI=1S/C13H15N3O2/c1-10(2)12(16-9-14-8-15-16)18-13(17)11-6-4-3-5-7-11/h3-10,12H,1-2H3. The van der Waals surface area contributed by atoms with Crippen LogP contribution >= 0.6 is 0 Å². The molecular formula is C13H15N3O2. The third-order valence-electron chi connectivity index (χ3n) is 2.50. The molecule has 1 unspecified atom stereocenters. The summed E-state index contributed by atoms with van der Waals surface area (Å²) in [6.45, 7) is 3.93. The molecule has 0 aliphatic carbocycles. The summed E-state index contributed by atoms with van der Waals surface area (Å²) in [7, 11) is 0. The number of esters is 1. The molecule has 0 saturated heterocycles. The molecule has 0 aliphatic rings. The molecule has 5 heteroatoms. The number of nitrogens with zero attached hydrogens (tertiary/aromatic N) is 3. The Balaban J connectivity index is 2.13. The monoisotopic (exact) mass is 245 g/mol. The fraction of sp³-hybridized carbons (Fsp3) is 0.308. The Labute approximate surface area is 105 Å². The summed E-state index contributed by atoms with van der Waals surface area (Å²) in [6, 6.07) is 8.91. The maximum Gasteiger partial charge on any atom is 0.340 e. The molecule has 94 valence electrons. The average Bonchev–Trinajstić information content (AvgIpc) is 2.90. The highest BCUT2D eigenvalue weighted by atomic mass is 16.6. The predicted octanol–water partition coefficient (Wildman–Crippen LogP) is 2.29. The van der Waals surface area contributed by atoms with E-state index >= 15 is 0 Å². The Morgan fingerprint density at radius 3 is 2.56 bits per heavy atom. The molecule has 0 saturated carbocycles. The van der Waals surface area contributed by atoms with Crippen molar-refractivity contribution in [3.05, 3.63) is 48.5 Å². The summed E-state index contributed by atoms with van der Waals surface area (Å²) in [6.07, 6.45) is 2.52. The van der Waals surface area contributed by atoms with E-state index in [2.05, 4.69) is 10.1 Å². The summed E-state index contributed by atoms with van der Waals surface area (Å²) >= 11 is 0. The first-order valence-corrected chi connectivity index (χ1v) is 5.78. The Bertz CT molecular complexity index is 494. The van der Waals surface area contributed by atoms with Gasteiger partial charge in [-0.05, 0) is 12.1 Å². The molecule has 0 N–H and O–H groups in total. The van der Waals surface area contributed by atoms with Gasteiger partial charge in [0, 0.05) is 5.92 Å². The van der Waals surface area contributed by atoms with Crippen LogP contribution in [0.2, 0.25) is 0 Å². The molecule has 2 aromatic rings. The summed E-state index contributed by atoms with van der Waals surface area (Å²) in [4.78, 5) is 15.8. The van der Waals surface area contributed by atoms with E-state index < -0.39 is 6.23 Å². The van der Waals surface area contributed by atoms with E-state index in [1.54, 1.807) is 35.3 Å². The van der Waals surface area contributed by atoms with Gasteiger partial charge in [-0.2, -0.15) is 5.10 Å².